The van der Waals surface area contributed by atoms with E-state index in [-0.39, 0.29) is 0 Å². The van der Waals surface area contributed by atoms with Gasteiger partial charge in [-0.2, -0.15) is 65.9 Å². The van der Waals surface area contributed by atoms with Crippen molar-refractivity contribution in [1.29, 1.82) is 0 Å². The molecule has 160 valence electrons. The first-order valence-electron chi connectivity index (χ1n) is 5.42. The molecule has 0 aromatic carbocycles. The van der Waals surface area contributed by atoms with E-state index in [1.807, 2.05) is 0 Å². The minimum atomic E-state index is -8.14. The molecule has 0 saturated heterocycles. The Labute approximate surface area is 136 Å². The lowest BCUT2D eigenvalue weighted by atomic mass is 9.98. The van der Waals surface area contributed by atoms with Gasteiger partial charge >= 0.3 is 48.0 Å². The highest BCUT2D eigenvalue weighted by Gasteiger charge is 2.89. The van der Waals surface area contributed by atoms with Gasteiger partial charge in [-0.05, 0) is 0 Å². The van der Waals surface area contributed by atoms with E-state index in [1.54, 1.807) is 0 Å². The molecule has 18 heteroatoms. The third-order valence-electron chi connectivity index (χ3n) is 2.49. The van der Waals surface area contributed by atoms with E-state index in [4.69, 9.17) is 5.11 Å². The maximum Gasteiger partial charge on any atom is 0.430 e. The Morgan fingerprint density at radius 1 is 0.667 bits per heavy atom. The Kier molecular flexibility index (Phi) is 6.16. The summed E-state index contributed by atoms with van der Waals surface area (Å²) in [6, 6.07) is 0. The molecule has 27 heavy (non-hydrogen) atoms. The molecule has 1 N–H and O–H groups in total. The van der Waals surface area contributed by atoms with Crippen molar-refractivity contribution in [2.75, 3.05) is 0 Å². The summed E-state index contributed by atoms with van der Waals surface area (Å²) >= 11 is 0. The second-order valence-electron chi connectivity index (χ2n) is 4.31. The molecule has 0 aliphatic heterocycles. The number of alkyl halides is 12. The lowest BCUT2D eigenvalue weighted by Crippen LogP contribution is -2.69. The van der Waals surface area contributed by atoms with E-state index < -0.39 is 53.8 Å². The van der Waals surface area contributed by atoms with E-state index in [0.717, 1.165) is 0 Å². The molecular formula is C9HF15O3. The zero-order valence-corrected chi connectivity index (χ0v) is 11.4. The number of hydrogen-bond acceptors (Lipinski definition) is 2. The number of ether oxygens (including phenoxy) is 1. The Morgan fingerprint density at radius 3 is 1.33 bits per heavy atom. The maximum absolute atomic E-state index is 13.0. The zero-order valence-electron chi connectivity index (χ0n) is 11.4. The number of carbonyl (C=O) groups is 1. The van der Waals surface area contributed by atoms with Gasteiger partial charge in [0, 0.05) is 0 Å². The number of halogens is 15. The molecule has 0 atom stereocenters. The molecule has 0 spiro atoms. The summed E-state index contributed by atoms with van der Waals surface area (Å²) in [5.74, 6) is -39.8. The van der Waals surface area contributed by atoms with Crippen LogP contribution in [0.25, 0.3) is 0 Å². The summed E-state index contributed by atoms with van der Waals surface area (Å²) in [6.45, 7) is 0. The van der Waals surface area contributed by atoms with Crippen LogP contribution in [0.4, 0.5) is 65.9 Å². The molecule has 0 aromatic heterocycles. The highest BCUT2D eigenvalue weighted by molar-refractivity contribution is 5.77. The molecule has 0 aliphatic carbocycles. The van der Waals surface area contributed by atoms with E-state index in [0.29, 0.717) is 0 Å². The molecule has 0 bridgehead atoms. The molecule has 0 aliphatic rings. The lowest BCUT2D eigenvalue weighted by molar-refractivity contribution is -0.476. The topological polar surface area (TPSA) is 46.5 Å². The van der Waals surface area contributed by atoms with Crippen LogP contribution in [0, 0.1) is 0 Å². The summed E-state index contributed by atoms with van der Waals surface area (Å²) in [4.78, 5) is 9.80. The van der Waals surface area contributed by atoms with Crippen LogP contribution in [-0.4, -0.2) is 47.0 Å². The Bertz CT molecular complexity index is 618. The van der Waals surface area contributed by atoms with Gasteiger partial charge in [-0.3, -0.25) is 0 Å². The maximum atomic E-state index is 13.0. The van der Waals surface area contributed by atoms with Crippen LogP contribution in [0.15, 0.2) is 11.9 Å². The molecule has 0 radical (unpaired) electrons. The smallest absolute Gasteiger partial charge is 0.430 e. The van der Waals surface area contributed by atoms with Crippen molar-refractivity contribution in [1.82, 2.24) is 0 Å². The van der Waals surface area contributed by atoms with Gasteiger partial charge in [-0.25, -0.2) is 9.53 Å². The van der Waals surface area contributed by atoms with Crippen LogP contribution in [0.1, 0.15) is 0 Å². The first-order chi connectivity index (χ1) is 11.5. The van der Waals surface area contributed by atoms with Crippen molar-refractivity contribution >= 4 is 5.97 Å². The van der Waals surface area contributed by atoms with Crippen LogP contribution < -0.4 is 0 Å². The molecular weight excluding hydrogens is 441 g/mol. The van der Waals surface area contributed by atoms with Gasteiger partial charge in [0.2, 0.25) is 0 Å². The van der Waals surface area contributed by atoms with Crippen LogP contribution in [0.5, 0.6) is 0 Å². The zero-order chi connectivity index (χ0) is 22.4. The van der Waals surface area contributed by atoms with Gasteiger partial charge < -0.3 is 5.11 Å². The highest BCUT2D eigenvalue weighted by atomic mass is 19.4. The molecule has 0 amide bonds. The second kappa shape index (κ2) is 6.62. The molecule has 3 nitrogen and oxygen atoms in total. The third-order valence-corrected chi connectivity index (χ3v) is 2.49. The molecule has 0 unspecified atom stereocenters. The fourth-order valence-electron chi connectivity index (χ4n) is 1.09. The second-order valence-corrected chi connectivity index (χ2v) is 4.31. The molecule has 0 saturated carbocycles. The van der Waals surface area contributed by atoms with Gasteiger partial charge in [0.1, 0.15) is 0 Å². The lowest BCUT2D eigenvalue weighted by Gasteiger charge is -2.38. The van der Waals surface area contributed by atoms with E-state index in [1.165, 1.54) is 4.74 Å². The summed E-state index contributed by atoms with van der Waals surface area (Å²) in [6.07, 6.45) is -18.7. The Hall–Kier alpha value is -1.88. The summed E-state index contributed by atoms with van der Waals surface area (Å²) in [5.41, 5.74) is 0. The number of aliphatic carboxylic acids is 1. The predicted molar refractivity (Wildman–Crippen MR) is 48.8 cm³/mol. The van der Waals surface area contributed by atoms with Gasteiger partial charge in [0.15, 0.2) is 0 Å². The average molecular weight is 442 g/mol. The van der Waals surface area contributed by atoms with Crippen LogP contribution in [0.2, 0.25) is 0 Å². The van der Waals surface area contributed by atoms with Crippen molar-refractivity contribution in [3.8, 4) is 0 Å². The third kappa shape index (κ3) is 3.75. The monoisotopic (exact) mass is 442 g/mol. The Morgan fingerprint density at radius 2 is 1.04 bits per heavy atom. The van der Waals surface area contributed by atoms with E-state index in [2.05, 4.69) is 0 Å². The standard InChI is InChI=1S/C9HF15O3/c10-1(2(11)12)5(15,16)27-9(23,24)8(21,22)7(19,20)6(17,18)4(13,14)3(25)26/h(H,25,26). The minimum absolute atomic E-state index is 1.43. The van der Waals surface area contributed by atoms with Gasteiger partial charge in [0.25, 0.3) is 5.83 Å². The number of carboxylic acid groups (broad SMARTS) is 1. The SMILES string of the molecule is O=C(O)C(F)(F)C(F)(F)C(F)(F)C(F)(F)C(F)(F)OC(F)(F)C(F)=C(F)F. The average Bonchev–Trinajstić information content (AvgIpc) is 2.43. The Balaban J connectivity index is 6.30. The molecule has 0 aromatic rings. The van der Waals surface area contributed by atoms with Crippen LogP contribution >= 0.6 is 0 Å². The van der Waals surface area contributed by atoms with Gasteiger partial charge in [0.05, 0.1) is 0 Å². The first-order valence-corrected chi connectivity index (χ1v) is 5.42. The molecule has 0 heterocycles. The van der Waals surface area contributed by atoms with Gasteiger partial charge in [-0.1, -0.05) is 0 Å². The summed E-state index contributed by atoms with van der Waals surface area (Å²) in [7, 11) is 0. The largest absolute Gasteiger partial charge is 0.477 e. The van der Waals surface area contributed by atoms with Gasteiger partial charge in [-0.15, -0.1) is 0 Å². The van der Waals surface area contributed by atoms with Crippen molar-refractivity contribution in [2.45, 2.75) is 35.9 Å². The van der Waals surface area contributed by atoms with E-state index >= 15 is 0 Å². The van der Waals surface area contributed by atoms with Crippen LogP contribution in [0.3, 0.4) is 0 Å². The first kappa shape index (κ1) is 25.1. The van der Waals surface area contributed by atoms with Crippen LogP contribution in [-0.2, 0) is 9.53 Å². The van der Waals surface area contributed by atoms with Crippen molar-refractivity contribution in [3.63, 3.8) is 0 Å². The highest BCUT2D eigenvalue weighted by Crippen LogP contribution is 2.58. The molecule has 0 fully saturated rings. The normalized spacial score (nSPS) is 14.9. The van der Waals surface area contributed by atoms with Crippen molar-refractivity contribution in [3.05, 3.63) is 11.9 Å². The molecule has 0 rings (SSSR count). The van der Waals surface area contributed by atoms with Crippen molar-refractivity contribution in [2.24, 2.45) is 0 Å². The fourth-order valence-corrected chi connectivity index (χ4v) is 1.09. The number of hydrogen-bond donors (Lipinski definition) is 1. The summed E-state index contributed by atoms with van der Waals surface area (Å²) in [5, 5.41) is 7.64. The number of rotatable bonds is 8. The summed E-state index contributed by atoms with van der Waals surface area (Å²) < 4.78 is 190. The fraction of sp³-hybridized carbons (Fsp3) is 0.667. The quantitative estimate of drug-likeness (QED) is 0.545. The van der Waals surface area contributed by atoms with E-state index in [9.17, 15) is 70.7 Å². The number of carboxylic acids is 1. The predicted octanol–water partition coefficient (Wildman–Crippen LogP) is 4.89. The minimum Gasteiger partial charge on any atom is -0.477 e. The van der Waals surface area contributed by atoms with Crippen molar-refractivity contribution < 1.29 is 80.5 Å².